The Hall–Kier alpha value is -3.76. The Balaban J connectivity index is 1.73. The SMILES string of the molecule is CCCc1ccc(C(F)(F)Oc2cc(F)c(-c3cc(F)c4c(F)c(F)c(F)cc4c3)c(F)c2)c(F)c1F. The number of aryl methyl sites for hydroxylation is 1. The number of benzene rings is 4. The zero-order valence-corrected chi connectivity index (χ0v) is 18.6. The Morgan fingerprint density at radius 3 is 1.95 bits per heavy atom. The molecule has 4 aromatic rings. The molecule has 0 saturated carbocycles. The standard InChI is InChI=1S/C26H14F10O/c1-2-3-11-4-5-15(23(32)22(11)31)26(35,36)37-14-9-17(28)20(18(29)10-14)12-6-13-8-19(30)24(33)25(34)21(13)16(27)7-12/h4-10H,2-3H2,1H3. The second-order valence-corrected chi connectivity index (χ2v) is 8.07. The third kappa shape index (κ3) is 4.70. The van der Waals surface area contributed by atoms with Crippen molar-refractivity contribution in [3.63, 3.8) is 0 Å². The first-order valence-corrected chi connectivity index (χ1v) is 10.7. The Morgan fingerprint density at radius 1 is 0.676 bits per heavy atom. The lowest BCUT2D eigenvalue weighted by atomic mass is 9.99. The fraction of sp³-hybridized carbons (Fsp3) is 0.154. The number of hydrogen-bond donors (Lipinski definition) is 0. The maximum absolute atomic E-state index is 14.8. The van der Waals surface area contributed by atoms with Crippen molar-refractivity contribution in [3.05, 3.63) is 100 Å². The van der Waals surface area contributed by atoms with Gasteiger partial charge in [-0.2, -0.15) is 8.78 Å². The lowest BCUT2D eigenvalue weighted by Gasteiger charge is -2.20. The van der Waals surface area contributed by atoms with Gasteiger partial charge in [-0.3, -0.25) is 0 Å². The lowest BCUT2D eigenvalue weighted by Crippen LogP contribution is -2.24. The normalized spacial score (nSPS) is 11.9. The van der Waals surface area contributed by atoms with Crippen molar-refractivity contribution in [1.29, 1.82) is 0 Å². The number of fused-ring (bicyclic) bond motifs is 1. The Bertz CT molecular complexity index is 1510. The van der Waals surface area contributed by atoms with Crippen LogP contribution >= 0.6 is 0 Å². The van der Waals surface area contributed by atoms with E-state index in [0.29, 0.717) is 24.6 Å². The summed E-state index contributed by atoms with van der Waals surface area (Å²) in [6, 6.07) is 3.69. The Labute approximate surface area is 202 Å². The van der Waals surface area contributed by atoms with Crippen LogP contribution in [0.3, 0.4) is 0 Å². The van der Waals surface area contributed by atoms with E-state index in [0.717, 1.165) is 12.1 Å². The van der Waals surface area contributed by atoms with Crippen LogP contribution in [0.4, 0.5) is 43.9 Å². The summed E-state index contributed by atoms with van der Waals surface area (Å²) >= 11 is 0. The lowest BCUT2D eigenvalue weighted by molar-refractivity contribution is -0.187. The highest BCUT2D eigenvalue weighted by molar-refractivity contribution is 5.89. The van der Waals surface area contributed by atoms with Crippen LogP contribution in [-0.4, -0.2) is 0 Å². The van der Waals surface area contributed by atoms with Crippen LogP contribution in [0.25, 0.3) is 21.9 Å². The first-order valence-electron chi connectivity index (χ1n) is 10.7. The second-order valence-electron chi connectivity index (χ2n) is 8.07. The summed E-state index contributed by atoms with van der Waals surface area (Å²) in [5.41, 5.74) is -3.24. The van der Waals surface area contributed by atoms with E-state index in [-0.39, 0.29) is 24.1 Å². The van der Waals surface area contributed by atoms with Gasteiger partial charge in [-0.05, 0) is 47.2 Å². The van der Waals surface area contributed by atoms with Crippen LogP contribution in [0.15, 0.2) is 42.5 Å². The minimum atomic E-state index is -4.55. The number of rotatable bonds is 6. The van der Waals surface area contributed by atoms with Gasteiger partial charge in [0.15, 0.2) is 29.1 Å². The predicted molar refractivity (Wildman–Crippen MR) is 114 cm³/mol. The Morgan fingerprint density at radius 2 is 1.32 bits per heavy atom. The van der Waals surface area contributed by atoms with Gasteiger partial charge in [0, 0.05) is 12.1 Å². The zero-order valence-electron chi connectivity index (χ0n) is 18.6. The molecule has 37 heavy (non-hydrogen) atoms. The number of alkyl halides is 2. The van der Waals surface area contributed by atoms with E-state index >= 15 is 0 Å². The molecule has 0 spiro atoms. The number of hydrogen-bond acceptors (Lipinski definition) is 1. The summed E-state index contributed by atoms with van der Waals surface area (Å²) in [5, 5.41) is -1.54. The van der Waals surface area contributed by atoms with Crippen molar-refractivity contribution >= 4 is 10.8 Å². The van der Waals surface area contributed by atoms with E-state index in [2.05, 4.69) is 4.74 Å². The van der Waals surface area contributed by atoms with Gasteiger partial charge in [-0.25, -0.2) is 35.1 Å². The first-order chi connectivity index (χ1) is 17.4. The summed E-state index contributed by atoms with van der Waals surface area (Å²) < 4.78 is 147. The summed E-state index contributed by atoms with van der Waals surface area (Å²) in [5.74, 6) is -14.6. The van der Waals surface area contributed by atoms with Crippen molar-refractivity contribution in [2.24, 2.45) is 0 Å². The molecule has 4 rings (SSSR count). The molecule has 0 radical (unpaired) electrons. The number of halogens is 10. The van der Waals surface area contributed by atoms with Crippen LogP contribution < -0.4 is 4.74 Å². The van der Waals surface area contributed by atoms with Crippen molar-refractivity contribution < 1.29 is 48.6 Å². The molecule has 0 unspecified atom stereocenters. The summed E-state index contributed by atoms with van der Waals surface area (Å²) in [4.78, 5) is 0. The van der Waals surface area contributed by atoms with Crippen LogP contribution in [0.2, 0.25) is 0 Å². The van der Waals surface area contributed by atoms with E-state index in [9.17, 15) is 43.9 Å². The van der Waals surface area contributed by atoms with Gasteiger partial charge < -0.3 is 4.74 Å². The molecule has 0 bridgehead atoms. The molecule has 1 nitrogen and oxygen atoms in total. The molecule has 0 aliphatic heterocycles. The summed E-state index contributed by atoms with van der Waals surface area (Å²) in [7, 11) is 0. The molecule has 0 aliphatic carbocycles. The Kier molecular flexibility index (Phi) is 6.83. The molecule has 0 aliphatic rings. The summed E-state index contributed by atoms with van der Waals surface area (Å²) in [6.45, 7) is 1.67. The molecule has 0 aromatic heterocycles. The highest BCUT2D eigenvalue weighted by Gasteiger charge is 2.39. The predicted octanol–water partition coefficient (Wildman–Crippen LogP) is 8.70. The maximum atomic E-state index is 14.8. The average Bonchev–Trinajstić information content (AvgIpc) is 2.79. The molecular weight excluding hydrogens is 518 g/mol. The van der Waals surface area contributed by atoms with E-state index in [1.165, 1.54) is 0 Å². The quantitative estimate of drug-likeness (QED) is 0.178. The second kappa shape index (κ2) is 9.60. The fourth-order valence-electron chi connectivity index (χ4n) is 3.90. The zero-order chi connectivity index (χ0) is 27.2. The fourth-order valence-corrected chi connectivity index (χ4v) is 3.90. The van der Waals surface area contributed by atoms with Crippen molar-refractivity contribution in [2.45, 2.75) is 25.9 Å². The van der Waals surface area contributed by atoms with Gasteiger partial charge in [0.25, 0.3) is 0 Å². The van der Waals surface area contributed by atoms with Gasteiger partial charge in [-0.15, -0.1) is 0 Å². The number of ether oxygens (including phenoxy) is 1. The molecule has 0 saturated heterocycles. The van der Waals surface area contributed by atoms with Crippen LogP contribution in [0.1, 0.15) is 24.5 Å². The minimum Gasteiger partial charge on any atom is -0.429 e. The van der Waals surface area contributed by atoms with Gasteiger partial charge >= 0.3 is 6.11 Å². The molecule has 4 aromatic carbocycles. The summed E-state index contributed by atoms with van der Waals surface area (Å²) in [6.07, 6.45) is -4.06. The van der Waals surface area contributed by atoms with Gasteiger partial charge in [0.05, 0.1) is 10.9 Å². The van der Waals surface area contributed by atoms with Crippen molar-refractivity contribution in [1.82, 2.24) is 0 Å². The first kappa shape index (κ1) is 26.3. The highest BCUT2D eigenvalue weighted by atomic mass is 19.3. The third-order valence-corrected chi connectivity index (χ3v) is 5.57. The van der Waals surface area contributed by atoms with E-state index in [1.807, 2.05) is 0 Å². The molecule has 194 valence electrons. The van der Waals surface area contributed by atoms with Crippen LogP contribution in [0, 0.1) is 46.5 Å². The molecule has 0 amide bonds. The maximum Gasteiger partial charge on any atom is 0.429 e. The molecule has 0 N–H and O–H groups in total. The van der Waals surface area contributed by atoms with E-state index < -0.39 is 85.9 Å². The van der Waals surface area contributed by atoms with Gasteiger partial charge in [0.1, 0.15) is 28.8 Å². The van der Waals surface area contributed by atoms with Gasteiger partial charge in [-0.1, -0.05) is 19.4 Å². The molecule has 11 heteroatoms. The van der Waals surface area contributed by atoms with Crippen molar-refractivity contribution in [2.75, 3.05) is 0 Å². The monoisotopic (exact) mass is 532 g/mol. The van der Waals surface area contributed by atoms with Crippen LogP contribution in [0.5, 0.6) is 5.75 Å². The minimum absolute atomic E-state index is 0.0803. The molecular formula is C26H14F10O. The van der Waals surface area contributed by atoms with E-state index in [4.69, 9.17) is 0 Å². The highest BCUT2D eigenvalue weighted by Crippen LogP contribution is 2.38. The molecule has 0 fully saturated rings. The molecule has 0 atom stereocenters. The van der Waals surface area contributed by atoms with Crippen molar-refractivity contribution in [3.8, 4) is 16.9 Å². The van der Waals surface area contributed by atoms with E-state index in [1.54, 1.807) is 6.92 Å². The smallest absolute Gasteiger partial charge is 0.429 e. The third-order valence-electron chi connectivity index (χ3n) is 5.57. The topological polar surface area (TPSA) is 9.23 Å². The van der Waals surface area contributed by atoms with Gasteiger partial charge in [0.2, 0.25) is 0 Å². The average molecular weight is 532 g/mol. The van der Waals surface area contributed by atoms with Crippen LogP contribution in [-0.2, 0) is 12.5 Å². The largest absolute Gasteiger partial charge is 0.429 e. The molecule has 0 heterocycles.